The van der Waals surface area contributed by atoms with Crippen molar-refractivity contribution in [1.29, 1.82) is 0 Å². The Morgan fingerprint density at radius 3 is 2.50 bits per heavy atom. The number of hydrogen-bond acceptors (Lipinski definition) is 1. The summed E-state index contributed by atoms with van der Waals surface area (Å²) in [5.41, 5.74) is 2.46. The normalized spacial score (nSPS) is 13.9. The standard InChI is InChI=1S/C19H16O/c1-3-12-19(2,20)16-10-11-18-15(13-16)9-8-14-6-4-5-7-17(14)18/h4-13,20H,1H2,2H3. The van der Waals surface area contributed by atoms with Gasteiger partial charge in [0.2, 0.25) is 0 Å². The van der Waals surface area contributed by atoms with Gasteiger partial charge in [-0.1, -0.05) is 55.1 Å². The smallest absolute Gasteiger partial charge is 0.112 e. The summed E-state index contributed by atoms with van der Waals surface area (Å²) in [7, 11) is 0. The SMILES string of the molecule is C=C=CC(C)(O)c1ccc2c(ccc3ccccc32)c1. The van der Waals surface area contributed by atoms with Gasteiger partial charge in [-0.2, -0.15) is 0 Å². The average Bonchev–Trinajstić information content (AvgIpc) is 2.46. The number of benzene rings is 3. The molecular weight excluding hydrogens is 244 g/mol. The van der Waals surface area contributed by atoms with Crippen LogP contribution in [0.3, 0.4) is 0 Å². The van der Waals surface area contributed by atoms with Gasteiger partial charge in [0.25, 0.3) is 0 Å². The van der Waals surface area contributed by atoms with E-state index in [1.165, 1.54) is 16.2 Å². The van der Waals surface area contributed by atoms with Gasteiger partial charge in [-0.05, 0) is 46.2 Å². The van der Waals surface area contributed by atoms with E-state index in [4.69, 9.17) is 0 Å². The summed E-state index contributed by atoms with van der Waals surface area (Å²) in [5.74, 6) is 0. The Hall–Kier alpha value is -2.34. The molecule has 1 atom stereocenters. The van der Waals surface area contributed by atoms with Crippen LogP contribution in [0, 0.1) is 0 Å². The van der Waals surface area contributed by atoms with Gasteiger partial charge in [-0.15, -0.1) is 5.73 Å². The third kappa shape index (κ3) is 2.04. The number of hydrogen-bond donors (Lipinski definition) is 1. The predicted molar refractivity (Wildman–Crippen MR) is 84.7 cm³/mol. The molecule has 0 aliphatic heterocycles. The maximum atomic E-state index is 10.4. The molecule has 1 unspecified atom stereocenters. The Labute approximate surface area is 118 Å². The molecule has 1 heteroatoms. The highest BCUT2D eigenvalue weighted by Gasteiger charge is 2.19. The van der Waals surface area contributed by atoms with Crippen molar-refractivity contribution in [3.63, 3.8) is 0 Å². The Kier molecular flexibility index (Phi) is 2.94. The Morgan fingerprint density at radius 1 is 1.00 bits per heavy atom. The van der Waals surface area contributed by atoms with E-state index in [0.29, 0.717) is 0 Å². The summed E-state index contributed by atoms with van der Waals surface area (Å²) >= 11 is 0. The average molecular weight is 260 g/mol. The van der Waals surface area contributed by atoms with Crippen molar-refractivity contribution in [2.24, 2.45) is 0 Å². The van der Waals surface area contributed by atoms with Gasteiger partial charge in [0.15, 0.2) is 0 Å². The van der Waals surface area contributed by atoms with E-state index in [2.05, 4.69) is 42.6 Å². The van der Waals surface area contributed by atoms with Gasteiger partial charge in [0.1, 0.15) is 5.60 Å². The fourth-order valence-electron chi connectivity index (χ4n) is 2.61. The molecular formula is C19H16O. The molecule has 3 aromatic rings. The van der Waals surface area contributed by atoms with Crippen molar-refractivity contribution in [2.75, 3.05) is 0 Å². The lowest BCUT2D eigenvalue weighted by molar-refractivity contribution is 0.111. The molecule has 3 rings (SSSR count). The van der Waals surface area contributed by atoms with Crippen LogP contribution in [0.15, 0.2) is 73.0 Å². The lowest BCUT2D eigenvalue weighted by Crippen LogP contribution is -2.17. The molecule has 0 aliphatic carbocycles. The molecule has 0 aliphatic rings. The van der Waals surface area contributed by atoms with Crippen molar-refractivity contribution >= 4 is 21.5 Å². The van der Waals surface area contributed by atoms with E-state index in [9.17, 15) is 5.11 Å². The zero-order valence-electron chi connectivity index (χ0n) is 11.4. The monoisotopic (exact) mass is 260 g/mol. The van der Waals surface area contributed by atoms with Crippen LogP contribution >= 0.6 is 0 Å². The first kappa shape index (κ1) is 12.7. The highest BCUT2D eigenvalue weighted by Crippen LogP contribution is 2.30. The summed E-state index contributed by atoms with van der Waals surface area (Å²) in [6.45, 7) is 5.28. The molecule has 0 amide bonds. The highest BCUT2D eigenvalue weighted by molar-refractivity contribution is 6.07. The van der Waals surface area contributed by atoms with E-state index < -0.39 is 5.60 Å². The zero-order valence-corrected chi connectivity index (χ0v) is 11.4. The molecule has 3 aromatic carbocycles. The van der Waals surface area contributed by atoms with Crippen molar-refractivity contribution < 1.29 is 5.11 Å². The second kappa shape index (κ2) is 4.64. The first-order valence-corrected chi connectivity index (χ1v) is 6.63. The van der Waals surface area contributed by atoms with Gasteiger partial charge < -0.3 is 5.11 Å². The molecule has 0 fully saturated rings. The Balaban J connectivity index is 2.28. The van der Waals surface area contributed by atoms with Gasteiger partial charge in [0.05, 0.1) is 0 Å². The fourth-order valence-corrected chi connectivity index (χ4v) is 2.61. The third-order valence-electron chi connectivity index (χ3n) is 3.71. The second-order valence-corrected chi connectivity index (χ2v) is 5.22. The van der Waals surface area contributed by atoms with Gasteiger partial charge in [0, 0.05) is 0 Å². The predicted octanol–water partition coefficient (Wildman–Crippen LogP) is 4.54. The Bertz CT molecular complexity index is 837. The summed E-state index contributed by atoms with van der Waals surface area (Å²) < 4.78 is 0. The van der Waals surface area contributed by atoms with Crippen LogP contribution < -0.4 is 0 Å². The molecule has 0 aromatic heterocycles. The van der Waals surface area contributed by atoms with Crippen LogP contribution in [0.25, 0.3) is 21.5 Å². The molecule has 1 N–H and O–H groups in total. The van der Waals surface area contributed by atoms with Crippen LogP contribution in [0.5, 0.6) is 0 Å². The van der Waals surface area contributed by atoms with E-state index >= 15 is 0 Å². The highest BCUT2D eigenvalue weighted by atomic mass is 16.3. The summed E-state index contributed by atoms with van der Waals surface area (Å²) in [5, 5.41) is 15.2. The van der Waals surface area contributed by atoms with E-state index in [-0.39, 0.29) is 0 Å². The van der Waals surface area contributed by atoms with Crippen LogP contribution in [-0.2, 0) is 5.60 Å². The minimum Gasteiger partial charge on any atom is -0.381 e. The van der Waals surface area contributed by atoms with Crippen LogP contribution in [0.4, 0.5) is 0 Å². The van der Waals surface area contributed by atoms with Crippen molar-refractivity contribution in [2.45, 2.75) is 12.5 Å². The third-order valence-corrected chi connectivity index (χ3v) is 3.71. The molecule has 0 bridgehead atoms. The maximum absolute atomic E-state index is 10.4. The zero-order chi connectivity index (χ0) is 14.2. The minimum absolute atomic E-state index is 0.844. The van der Waals surface area contributed by atoms with Gasteiger partial charge in [-0.3, -0.25) is 0 Å². The molecule has 0 saturated carbocycles. The van der Waals surface area contributed by atoms with Crippen LogP contribution in [0.2, 0.25) is 0 Å². The summed E-state index contributed by atoms with van der Waals surface area (Å²) in [6.07, 6.45) is 1.58. The quantitative estimate of drug-likeness (QED) is 0.529. The second-order valence-electron chi connectivity index (χ2n) is 5.22. The fraction of sp³-hybridized carbons (Fsp3) is 0.105. The van der Waals surface area contributed by atoms with Crippen LogP contribution in [-0.4, -0.2) is 5.11 Å². The lowest BCUT2D eigenvalue weighted by atomic mass is 9.92. The minimum atomic E-state index is -1.04. The first-order valence-electron chi connectivity index (χ1n) is 6.63. The van der Waals surface area contributed by atoms with Crippen LogP contribution in [0.1, 0.15) is 12.5 Å². The van der Waals surface area contributed by atoms with E-state index in [0.717, 1.165) is 10.9 Å². The Morgan fingerprint density at radius 2 is 1.70 bits per heavy atom. The van der Waals surface area contributed by atoms with Crippen molar-refractivity contribution in [3.05, 3.63) is 78.5 Å². The number of rotatable bonds is 2. The molecule has 0 saturated heterocycles. The molecule has 98 valence electrons. The van der Waals surface area contributed by atoms with Crippen molar-refractivity contribution in [3.8, 4) is 0 Å². The first-order chi connectivity index (χ1) is 9.62. The summed E-state index contributed by atoms with van der Waals surface area (Å²) in [6, 6.07) is 18.6. The number of fused-ring (bicyclic) bond motifs is 3. The van der Waals surface area contributed by atoms with Crippen molar-refractivity contribution in [1.82, 2.24) is 0 Å². The molecule has 0 heterocycles. The van der Waals surface area contributed by atoms with Gasteiger partial charge >= 0.3 is 0 Å². The van der Waals surface area contributed by atoms with E-state index in [1.807, 2.05) is 24.3 Å². The number of aliphatic hydroxyl groups is 1. The molecule has 0 radical (unpaired) electrons. The van der Waals surface area contributed by atoms with Gasteiger partial charge in [-0.25, -0.2) is 0 Å². The van der Waals surface area contributed by atoms with E-state index in [1.54, 1.807) is 13.0 Å². The lowest BCUT2D eigenvalue weighted by Gasteiger charge is -2.19. The topological polar surface area (TPSA) is 20.2 Å². The largest absolute Gasteiger partial charge is 0.381 e. The molecule has 20 heavy (non-hydrogen) atoms. The molecule has 1 nitrogen and oxygen atoms in total. The maximum Gasteiger partial charge on any atom is 0.112 e. The summed E-state index contributed by atoms with van der Waals surface area (Å²) in [4.78, 5) is 0. The molecule has 0 spiro atoms.